The second-order valence-electron chi connectivity index (χ2n) is 6.36. The highest BCUT2D eigenvalue weighted by Gasteiger charge is 2.14. The summed E-state index contributed by atoms with van der Waals surface area (Å²) >= 11 is 0. The molecule has 0 aliphatic rings. The first-order chi connectivity index (χ1) is 13.2. The van der Waals surface area contributed by atoms with Crippen LogP contribution in [0.25, 0.3) is 22.2 Å². The summed E-state index contributed by atoms with van der Waals surface area (Å²) in [6, 6.07) is 15.3. The number of carbonyl (C=O) groups is 1. The van der Waals surface area contributed by atoms with Gasteiger partial charge >= 0.3 is 0 Å². The van der Waals surface area contributed by atoms with E-state index in [-0.39, 0.29) is 5.91 Å². The molecule has 0 radical (unpaired) electrons. The van der Waals surface area contributed by atoms with E-state index >= 15 is 0 Å². The quantitative estimate of drug-likeness (QED) is 0.603. The number of nitrogens with zero attached hydrogens (tertiary/aromatic N) is 3. The van der Waals surface area contributed by atoms with Crippen LogP contribution in [0.15, 0.2) is 73.3 Å². The smallest absolute Gasteiger partial charge is 0.252 e. The van der Waals surface area contributed by atoms with Crippen molar-refractivity contribution in [1.29, 1.82) is 0 Å². The number of nitrogens with one attached hydrogen (secondary N) is 1. The number of amides is 1. The number of fused-ring (bicyclic) bond motifs is 1. The van der Waals surface area contributed by atoms with Crippen LogP contribution in [-0.2, 0) is 6.54 Å². The Labute approximate surface area is 157 Å². The molecule has 0 aliphatic heterocycles. The second-order valence-corrected chi connectivity index (χ2v) is 6.36. The van der Waals surface area contributed by atoms with E-state index in [0.29, 0.717) is 12.1 Å². The summed E-state index contributed by atoms with van der Waals surface area (Å²) in [4.78, 5) is 25.8. The van der Waals surface area contributed by atoms with E-state index in [1.165, 1.54) is 0 Å². The number of benzene rings is 1. The Morgan fingerprint density at radius 1 is 1.00 bits per heavy atom. The third-order valence-electron chi connectivity index (χ3n) is 4.37. The van der Waals surface area contributed by atoms with Gasteiger partial charge in [0.05, 0.1) is 16.8 Å². The molecule has 132 valence electrons. The zero-order chi connectivity index (χ0) is 18.6. The Hall–Kier alpha value is -3.60. The molecule has 5 nitrogen and oxygen atoms in total. The van der Waals surface area contributed by atoms with Gasteiger partial charge in [0.25, 0.3) is 5.91 Å². The molecule has 1 aromatic carbocycles. The molecule has 0 bridgehead atoms. The van der Waals surface area contributed by atoms with Crippen LogP contribution in [0.1, 0.15) is 21.5 Å². The van der Waals surface area contributed by atoms with E-state index in [1.807, 2.05) is 55.5 Å². The summed E-state index contributed by atoms with van der Waals surface area (Å²) in [6.45, 7) is 2.45. The van der Waals surface area contributed by atoms with Gasteiger partial charge in [0.1, 0.15) is 0 Å². The molecule has 0 fully saturated rings. The predicted octanol–water partition coefficient (Wildman–Crippen LogP) is 3.93. The van der Waals surface area contributed by atoms with Gasteiger partial charge in [-0.25, -0.2) is 4.98 Å². The lowest BCUT2D eigenvalue weighted by Crippen LogP contribution is -2.23. The zero-order valence-corrected chi connectivity index (χ0v) is 14.9. The number of carbonyl (C=O) groups excluding carboxylic acids is 1. The minimum Gasteiger partial charge on any atom is -0.348 e. The summed E-state index contributed by atoms with van der Waals surface area (Å²) < 4.78 is 0. The van der Waals surface area contributed by atoms with Crippen molar-refractivity contribution in [2.24, 2.45) is 0 Å². The van der Waals surface area contributed by atoms with E-state index in [1.54, 1.807) is 24.8 Å². The summed E-state index contributed by atoms with van der Waals surface area (Å²) in [6.07, 6.45) is 6.90. The minimum atomic E-state index is -0.130. The average molecular weight is 354 g/mol. The predicted molar refractivity (Wildman–Crippen MR) is 105 cm³/mol. The lowest BCUT2D eigenvalue weighted by atomic mass is 10.0. The molecular formula is C22H18N4O. The molecular weight excluding hydrogens is 336 g/mol. The van der Waals surface area contributed by atoms with Crippen LogP contribution in [0.5, 0.6) is 0 Å². The zero-order valence-electron chi connectivity index (χ0n) is 14.9. The second kappa shape index (κ2) is 7.33. The molecule has 27 heavy (non-hydrogen) atoms. The van der Waals surface area contributed by atoms with E-state index < -0.39 is 0 Å². The largest absolute Gasteiger partial charge is 0.348 e. The minimum absolute atomic E-state index is 0.130. The van der Waals surface area contributed by atoms with Crippen molar-refractivity contribution in [3.05, 3.63) is 90.0 Å². The molecule has 0 spiro atoms. The highest BCUT2D eigenvalue weighted by atomic mass is 16.1. The van der Waals surface area contributed by atoms with Crippen LogP contribution < -0.4 is 5.32 Å². The van der Waals surface area contributed by atoms with Gasteiger partial charge in [0.15, 0.2) is 0 Å². The first-order valence-corrected chi connectivity index (χ1v) is 8.69. The van der Waals surface area contributed by atoms with E-state index in [4.69, 9.17) is 4.98 Å². The standard InChI is InChI=1S/C22H18N4O/c1-15-4-5-20-18(11-15)19(12-21(26-20)17-3-2-8-24-14-17)22(27)25-13-16-6-9-23-10-7-16/h2-12,14H,13H2,1H3,(H,25,27). The number of aromatic nitrogens is 3. The summed E-state index contributed by atoms with van der Waals surface area (Å²) in [5.74, 6) is -0.130. The van der Waals surface area contributed by atoms with Crippen LogP contribution in [0.3, 0.4) is 0 Å². The van der Waals surface area contributed by atoms with Gasteiger partial charge in [-0.2, -0.15) is 0 Å². The lowest BCUT2D eigenvalue weighted by Gasteiger charge is -2.11. The Bertz CT molecular complexity index is 1100. The Balaban J connectivity index is 1.75. The molecule has 0 atom stereocenters. The first kappa shape index (κ1) is 16.8. The fourth-order valence-electron chi connectivity index (χ4n) is 2.97. The van der Waals surface area contributed by atoms with Crippen molar-refractivity contribution < 1.29 is 4.79 Å². The molecule has 3 aromatic heterocycles. The van der Waals surface area contributed by atoms with Crippen molar-refractivity contribution in [1.82, 2.24) is 20.3 Å². The van der Waals surface area contributed by atoms with Gasteiger partial charge in [-0.15, -0.1) is 0 Å². The molecule has 3 heterocycles. The fraction of sp³-hybridized carbons (Fsp3) is 0.0909. The summed E-state index contributed by atoms with van der Waals surface area (Å²) in [5, 5.41) is 3.84. The maximum atomic E-state index is 13.0. The summed E-state index contributed by atoms with van der Waals surface area (Å²) in [7, 11) is 0. The van der Waals surface area contributed by atoms with Gasteiger partial charge in [-0.05, 0) is 55.0 Å². The van der Waals surface area contributed by atoms with Crippen molar-refractivity contribution in [2.75, 3.05) is 0 Å². The van der Waals surface area contributed by atoms with Gasteiger partial charge in [-0.3, -0.25) is 14.8 Å². The maximum absolute atomic E-state index is 13.0. The van der Waals surface area contributed by atoms with Crippen LogP contribution in [-0.4, -0.2) is 20.9 Å². The highest BCUT2D eigenvalue weighted by molar-refractivity contribution is 6.07. The van der Waals surface area contributed by atoms with Gasteiger partial charge in [-0.1, -0.05) is 11.6 Å². The average Bonchev–Trinajstić information content (AvgIpc) is 2.72. The van der Waals surface area contributed by atoms with Crippen molar-refractivity contribution in [3.63, 3.8) is 0 Å². The highest BCUT2D eigenvalue weighted by Crippen LogP contribution is 2.25. The molecule has 1 N–H and O–H groups in total. The number of aryl methyl sites for hydroxylation is 1. The molecule has 0 saturated carbocycles. The first-order valence-electron chi connectivity index (χ1n) is 8.69. The van der Waals surface area contributed by atoms with Gasteiger partial charge < -0.3 is 5.32 Å². The lowest BCUT2D eigenvalue weighted by molar-refractivity contribution is 0.0952. The van der Waals surface area contributed by atoms with Gasteiger partial charge in [0.2, 0.25) is 0 Å². The third-order valence-corrected chi connectivity index (χ3v) is 4.37. The number of hydrogen-bond donors (Lipinski definition) is 1. The molecule has 0 unspecified atom stereocenters. The maximum Gasteiger partial charge on any atom is 0.252 e. The molecule has 4 aromatic rings. The summed E-state index contributed by atoms with van der Waals surface area (Å²) in [5.41, 5.74) is 5.09. The third kappa shape index (κ3) is 3.67. The Morgan fingerprint density at radius 3 is 2.63 bits per heavy atom. The monoisotopic (exact) mass is 354 g/mol. The Morgan fingerprint density at radius 2 is 1.85 bits per heavy atom. The van der Waals surface area contributed by atoms with Crippen LogP contribution in [0, 0.1) is 6.92 Å². The fourth-order valence-corrected chi connectivity index (χ4v) is 2.97. The molecule has 0 saturated heterocycles. The molecule has 5 heteroatoms. The van der Waals surface area contributed by atoms with E-state index in [0.717, 1.165) is 33.3 Å². The normalized spacial score (nSPS) is 10.7. The molecule has 0 aliphatic carbocycles. The molecule has 4 rings (SSSR count). The van der Waals surface area contributed by atoms with Crippen LogP contribution in [0.2, 0.25) is 0 Å². The SMILES string of the molecule is Cc1ccc2nc(-c3cccnc3)cc(C(=O)NCc3ccncc3)c2c1. The number of hydrogen-bond acceptors (Lipinski definition) is 4. The topological polar surface area (TPSA) is 67.8 Å². The number of rotatable bonds is 4. The van der Waals surface area contributed by atoms with Gasteiger partial charge in [0, 0.05) is 42.3 Å². The van der Waals surface area contributed by atoms with Crippen LogP contribution >= 0.6 is 0 Å². The van der Waals surface area contributed by atoms with Crippen molar-refractivity contribution >= 4 is 16.8 Å². The van der Waals surface area contributed by atoms with Crippen LogP contribution in [0.4, 0.5) is 0 Å². The van der Waals surface area contributed by atoms with Crippen molar-refractivity contribution in [2.45, 2.75) is 13.5 Å². The van der Waals surface area contributed by atoms with E-state index in [9.17, 15) is 4.79 Å². The number of pyridine rings is 3. The Kier molecular flexibility index (Phi) is 4.58. The van der Waals surface area contributed by atoms with Crippen molar-refractivity contribution in [3.8, 4) is 11.3 Å². The van der Waals surface area contributed by atoms with E-state index in [2.05, 4.69) is 15.3 Å². The molecule has 1 amide bonds.